The molecule has 0 bridgehead atoms. The Morgan fingerprint density at radius 3 is 2.53 bits per heavy atom. The van der Waals surface area contributed by atoms with E-state index < -0.39 is 6.04 Å². The maximum atomic E-state index is 14.0. The molecule has 0 aliphatic carbocycles. The molecule has 8 heteroatoms. The van der Waals surface area contributed by atoms with Gasteiger partial charge in [-0.15, -0.1) is 11.3 Å². The predicted molar refractivity (Wildman–Crippen MR) is 121 cm³/mol. The van der Waals surface area contributed by atoms with Crippen molar-refractivity contribution in [1.82, 2.24) is 14.8 Å². The van der Waals surface area contributed by atoms with Crippen LogP contribution in [0.1, 0.15) is 44.3 Å². The topological polar surface area (TPSA) is 56.8 Å². The second-order valence-corrected chi connectivity index (χ2v) is 9.01. The molecule has 0 radical (unpaired) electrons. The standard InChI is InChI=1S/C24H23FN4O2S/c1-16(22-26-9-14-32-22)29-23(30)18-6-4-8-20(21(18)24(29)31)28-12-10-27(11-13-28)15-17-5-2-3-7-19(17)25/h2-9,14,16H,10-13,15H2,1H3. The average Bonchev–Trinajstić information content (AvgIpc) is 3.43. The predicted octanol–water partition coefficient (Wildman–Crippen LogP) is 3.96. The zero-order valence-electron chi connectivity index (χ0n) is 17.7. The van der Waals surface area contributed by atoms with Crippen LogP contribution in [0, 0.1) is 5.82 Å². The van der Waals surface area contributed by atoms with Crippen molar-refractivity contribution in [2.75, 3.05) is 31.1 Å². The smallest absolute Gasteiger partial charge is 0.264 e. The molecule has 1 fully saturated rings. The van der Waals surface area contributed by atoms with Crippen molar-refractivity contribution in [2.24, 2.45) is 0 Å². The minimum atomic E-state index is -0.409. The number of aromatic nitrogens is 1. The van der Waals surface area contributed by atoms with Gasteiger partial charge in [-0.3, -0.25) is 19.4 Å². The van der Waals surface area contributed by atoms with Crippen molar-refractivity contribution in [3.63, 3.8) is 0 Å². The average molecular weight is 451 g/mol. The van der Waals surface area contributed by atoms with E-state index in [1.165, 1.54) is 22.3 Å². The summed E-state index contributed by atoms with van der Waals surface area (Å²) in [6, 6.07) is 11.9. The van der Waals surface area contributed by atoms with Crippen LogP contribution in [-0.4, -0.2) is 52.8 Å². The third-order valence-corrected chi connectivity index (χ3v) is 7.13. The number of fused-ring (bicyclic) bond motifs is 1. The van der Waals surface area contributed by atoms with Gasteiger partial charge in [0.2, 0.25) is 0 Å². The summed E-state index contributed by atoms with van der Waals surface area (Å²) >= 11 is 1.43. The van der Waals surface area contributed by atoms with Crippen LogP contribution in [0.3, 0.4) is 0 Å². The minimum Gasteiger partial charge on any atom is -0.368 e. The monoisotopic (exact) mass is 450 g/mol. The van der Waals surface area contributed by atoms with Gasteiger partial charge in [0, 0.05) is 49.9 Å². The number of halogens is 1. The molecule has 2 aromatic carbocycles. The summed E-state index contributed by atoms with van der Waals surface area (Å²) in [7, 11) is 0. The summed E-state index contributed by atoms with van der Waals surface area (Å²) in [6.07, 6.45) is 1.68. The summed E-state index contributed by atoms with van der Waals surface area (Å²) in [5.74, 6) is -0.723. The van der Waals surface area contributed by atoms with Gasteiger partial charge in [0.15, 0.2) is 0 Å². The van der Waals surface area contributed by atoms with E-state index >= 15 is 0 Å². The van der Waals surface area contributed by atoms with E-state index in [9.17, 15) is 14.0 Å². The molecule has 0 N–H and O–H groups in total. The lowest BCUT2D eigenvalue weighted by atomic mass is 10.1. The number of hydrogen-bond acceptors (Lipinski definition) is 6. The molecule has 2 aliphatic heterocycles. The molecule has 3 aromatic rings. The Morgan fingerprint density at radius 1 is 1.03 bits per heavy atom. The highest BCUT2D eigenvalue weighted by molar-refractivity contribution is 7.09. The SMILES string of the molecule is CC(c1nccs1)N1C(=O)c2cccc(N3CCN(Cc4ccccc4F)CC3)c2C1=O. The number of nitrogens with zero attached hydrogens (tertiary/aromatic N) is 4. The number of thiazole rings is 1. The molecule has 2 amide bonds. The Hall–Kier alpha value is -3.10. The van der Waals surface area contributed by atoms with Crippen LogP contribution < -0.4 is 4.90 Å². The lowest BCUT2D eigenvalue weighted by Crippen LogP contribution is -2.46. The van der Waals surface area contributed by atoms with Crippen LogP contribution in [0.25, 0.3) is 0 Å². The summed E-state index contributed by atoms with van der Waals surface area (Å²) in [6.45, 7) is 5.30. The van der Waals surface area contributed by atoms with Gasteiger partial charge in [0.1, 0.15) is 10.8 Å². The maximum absolute atomic E-state index is 14.0. The minimum absolute atomic E-state index is 0.186. The molecule has 3 heterocycles. The first-order chi connectivity index (χ1) is 15.5. The van der Waals surface area contributed by atoms with E-state index in [1.807, 2.05) is 36.6 Å². The molecule has 164 valence electrons. The molecular weight excluding hydrogens is 427 g/mol. The first-order valence-corrected chi connectivity index (χ1v) is 11.5. The highest BCUT2D eigenvalue weighted by Gasteiger charge is 2.42. The molecule has 0 spiro atoms. The summed E-state index contributed by atoms with van der Waals surface area (Å²) in [5.41, 5.74) is 2.41. The van der Waals surface area contributed by atoms with Crippen LogP contribution in [0.4, 0.5) is 10.1 Å². The summed E-state index contributed by atoms with van der Waals surface area (Å²) in [5, 5.41) is 2.58. The van der Waals surface area contributed by atoms with Gasteiger partial charge in [0.25, 0.3) is 11.8 Å². The van der Waals surface area contributed by atoms with Gasteiger partial charge in [-0.2, -0.15) is 0 Å². The Morgan fingerprint density at radius 2 is 1.81 bits per heavy atom. The second-order valence-electron chi connectivity index (χ2n) is 8.08. The summed E-state index contributed by atoms with van der Waals surface area (Å²) < 4.78 is 14.0. The van der Waals surface area contributed by atoms with Crippen molar-refractivity contribution in [1.29, 1.82) is 0 Å². The zero-order chi connectivity index (χ0) is 22.2. The highest BCUT2D eigenvalue weighted by Crippen LogP contribution is 2.37. The normalized spacial score (nSPS) is 17.7. The van der Waals surface area contributed by atoms with Crippen molar-refractivity contribution < 1.29 is 14.0 Å². The van der Waals surface area contributed by atoms with Crippen LogP contribution in [0.15, 0.2) is 54.0 Å². The van der Waals surface area contributed by atoms with E-state index in [1.54, 1.807) is 18.3 Å². The van der Waals surface area contributed by atoms with Gasteiger partial charge in [0.05, 0.1) is 22.9 Å². The second kappa shape index (κ2) is 8.44. The third-order valence-electron chi connectivity index (χ3n) is 6.19. The van der Waals surface area contributed by atoms with Crippen molar-refractivity contribution in [3.8, 4) is 0 Å². The first-order valence-electron chi connectivity index (χ1n) is 10.7. The Kier molecular flexibility index (Phi) is 5.48. The Balaban J connectivity index is 1.34. The van der Waals surface area contributed by atoms with Gasteiger partial charge in [-0.25, -0.2) is 9.37 Å². The first kappa shape index (κ1) is 20.8. The fourth-order valence-electron chi connectivity index (χ4n) is 4.47. The number of carbonyl (C=O) groups is 2. The quantitative estimate of drug-likeness (QED) is 0.551. The number of carbonyl (C=O) groups excluding carboxylic acids is 2. The molecule has 1 aromatic heterocycles. The van der Waals surface area contributed by atoms with Crippen LogP contribution in [-0.2, 0) is 6.54 Å². The van der Waals surface area contributed by atoms with Gasteiger partial charge < -0.3 is 4.90 Å². The lowest BCUT2D eigenvalue weighted by Gasteiger charge is -2.36. The zero-order valence-corrected chi connectivity index (χ0v) is 18.5. The number of rotatable bonds is 5. The molecule has 1 atom stereocenters. The highest BCUT2D eigenvalue weighted by atomic mass is 32.1. The summed E-state index contributed by atoms with van der Waals surface area (Å²) in [4.78, 5) is 36.4. The molecule has 5 rings (SSSR count). The number of hydrogen-bond donors (Lipinski definition) is 0. The van der Waals surface area contributed by atoms with Crippen LogP contribution in [0.5, 0.6) is 0 Å². The number of benzene rings is 2. The third kappa shape index (κ3) is 3.59. The molecule has 32 heavy (non-hydrogen) atoms. The number of piperazine rings is 1. The van der Waals surface area contributed by atoms with E-state index in [4.69, 9.17) is 0 Å². The maximum Gasteiger partial charge on any atom is 0.264 e. The van der Waals surface area contributed by atoms with Gasteiger partial charge in [-0.1, -0.05) is 24.3 Å². The van der Waals surface area contributed by atoms with Crippen molar-refractivity contribution >= 4 is 28.8 Å². The van der Waals surface area contributed by atoms with Crippen LogP contribution >= 0.6 is 11.3 Å². The van der Waals surface area contributed by atoms with Crippen LogP contribution in [0.2, 0.25) is 0 Å². The molecule has 6 nitrogen and oxygen atoms in total. The number of imide groups is 1. The van der Waals surface area contributed by atoms with Crippen molar-refractivity contribution in [2.45, 2.75) is 19.5 Å². The molecule has 2 aliphatic rings. The van der Waals surface area contributed by atoms with Crippen molar-refractivity contribution in [3.05, 3.63) is 81.6 Å². The number of amides is 2. The lowest BCUT2D eigenvalue weighted by molar-refractivity contribution is 0.0595. The fourth-order valence-corrected chi connectivity index (χ4v) is 5.15. The molecule has 1 saturated heterocycles. The van der Waals surface area contributed by atoms with Gasteiger partial charge in [-0.05, 0) is 25.1 Å². The van der Waals surface area contributed by atoms with E-state index in [0.717, 1.165) is 23.8 Å². The largest absolute Gasteiger partial charge is 0.368 e. The van der Waals surface area contributed by atoms with E-state index in [2.05, 4.69) is 14.8 Å². The van der Waals surface area contributed by atoms with Gasteiger partial charge >= 0.3 is 0 Å². The Bertz CT molecular complexity index is 1160. The number of anilines is 1. The molecule has 0 saturated carbocycles. The Labute approximate surface area is 189 Å². The van der Waals surface area contributed by atoms with E-state index in [0.29, 0.717) is 36.3 Å². The fraction of sp³-hybridized carbons (Fsp3) is 0.292. The van der Waals surface area contributed by atoms with E-state index in [-0.39, 0.29) is 17.6 Å². The molecule has 1 unspecified atom stereocenters. The molecular formula is C24H23FN4O2S.